The van der Waals surface area contributed by atoms with Crippen molar-refractivity contribution >= 4 is 38.7 Å². The number of anilines is 1. The van der Waals surface area contributed by atoms with E-state index in [0.29, 0.717) is 17.4 Å². The van der Waals surface area contributed by atoms with Crippen molar-refractivity contribution < 1.29 is 4.79 Å². The van der Waals surface area contributed by atoms with E-state index in [-0.39, 0.29) is 0 Å². The van der Waals surface area contributed by atoms with Crippen molar-refractivity contribution in [1.29, 1.82) is 0 Å². The number of piperidine rings is 1. The van der Waals surface area contributed by atoms with Crippen molar-refractivity contribution in [1.82, 2.24) is 20.3 Å². The van der Waals surface area contributed by atoms with Crippen LogP contribution in [0.15, 0.2) is 41.3 Å². The van der Waals surface area contributed by atoms with Crippen molar-refractivity contribution in [2.75, 3.05) is 24.5 Å². The Labute approximate surface area is 171 Å². The van der Waals surface area contributed by atoms with Gasteiger partial charge in [-0.2, -0.15) is 0 Å². The number of amides is 1. The van der Waals surface area contributed by atoms with Crippen LogP contribution in [-0.2, 0) is 6.54 Å². The van der Waals surface area contributed by atoms with Gasteiger partial charge in [-0.05, 0) is 49.1 Å². The molecule has 0 atom stereocenters. The number of benzene rings is 1. The van der Waals surface area contributed by atoms with Gasteiger partial charge in [-0.15, -0.1) is 0 Å². The predicted molar refractivity (Wildman–Crippen MR) is 113 cm³/mol. The Bertz CT molecular complexity index is 962. The summed E-state index contributed by atoms with van der Waals surface area (Å²) in [5.74, 6) is 0.803. The van der Waals surface area contributed by atoms with Gasteiger partial charge in [0, 0.05) is 53.6 Å². The normalized spacial score (nSPS) is 15.2. The van der Waals surface area contributed by atoms with Crippen molar-refractivity contribution in [3.8, 4) is 0 Å². The molecule has 1 aliphatic heterocycles. The first kappa shape index (κ1) is 18.9. The molecule has 7 nitrogen and oxygen atoms in total. The summed E-state index contributed by atoms with van der Waals surface area (Å²) in [6.45, 7) is 3.69. The number of hydrogen-bond acceptors (Lipinski definition) is 5. The molecule has 0 spiro atoms. The van der Waals surface area contributed by atoms with Crippen molar-refractivity contribution in [3.63, 3.8) is 0 Å². The molecule has 0 aliphatic carbocycles. The van der Waals surface area contributed by atoms with Gasteiger partial charge in [0.05, 0.1) is 5.56 Å². The zero-order valence-electron chi connectivity index (χ0n) is 15.5. The fourth-order valence-corrected chi connectivity index (χ4v) is 4.02. The highest BCUT2D eigenvalue weighted by Crippen LogP contribution is 2.23. The van der Waals surface area contributed by atoms with Gasteiger partial charge in [-0.1, -0.05) is 15.9 Å². The van der Waals surface area contributed by atoms with Crippen LogP contribution in [0.3, 0.4) is 0 Å². The monoisotopic (exact) mass is 442 g/mol. The van der Waals surface area contributed by atoms with Crippen molar-refractivity contribution in [3.05, 3.63) is 52.4 Å². The zero-order valence-corrected chi connectivity index (χ0v) is 17.1. The third kappa shape index (κ3) is 4.18. The smallest absolute Gasteiger partial charge is 0.251 e. The average molecular weight is 443 g/mol. The molecule has 3 aromatic rings. The van der Waals surface area contributed by atoms with E-state index in [9.17, 15) is 4.79 Å². The summed E-state index contributed by atoms with van der Waals surface area (Å²) in [6.07, 6.45) is 7.26. The molecule has 1 aromatic carbocycles. The number of rotatable bonds is 6. The number of fused-ring (bicyclic) bond motifs is 1. The predicted octanol–water partition coefficient (Wildman–Crippen LogP) is 2.83. The third-order valence-electron chi connectivity index (χ3n) is 5.30. The molecule has 2 aromatic heterocycles. The largest absolute Gasteiger partial charge is 0.366 e. The van der Waals surface area contributed by atoms with Gasteiger partial charge >= 0.3 is 0 Å². The Balaban J connectivity index is 1.26. The summed E-state index contributed by atoms with van der Waals surface area (Å²) in [5, 5.41) is 4.86. The molecule has 1 aliphatic rings. The van der Waals surface area contributed by atoms with E-state index >= 15 is 0 Å². The van der Waals surface area contributed by atoms with E-state index < -0.39 is 5.91 Å². The molecule has 4 N–H and O–H groups in total. The number of nitrogens with one attached hydrogen (secondary N) is 2. The minimum atomic E-state index is -0.501. The molecule has 1 amide bonds. The summed E-state index contributed by atoms with van der Waals surface area (Å²) >= 11 is 3.55. The number of nitrogens with two attached hydrogens (primary N) is 1. The molecule has 1 fully saturated rings. The highest BCUT2D eigenvalue weighted by Gasteiger charge is 2.21. The number of aromatic amines is 1. The molecule has 0 unspecified atom stereocenters. The third-order valence-corrected chi connectivity index (χ3v) is 5.79. The van der Waals surface area contributed by atoms with Crippen LogP contribution in [0, 0.1) is 5.92 Å². The minimum Gasteiger partial charge on any atom is -0.366 e. The lowest BCUT2D eigenvalue weighted by atomic mass is 9.97. The van der Waals surface area contributed by atoms with E-state index in [1.165, 1.54) is 23.3 Å². The first-order valence-electron chi connectivity index (χ1n) is 9.43. The molecular formula is C20H23BrN6O. The van der Waals surface area contributed by atoms with Crippen LogP contribution in [0.4, 0.5) is 5.95 Å². The van der Waals surface area contributed by atoms with Crippen LogP contribution in [0.5, 0.6) is 0 Å². The summed E-state index contributed by atoms with van der Waals surface area (Å²) in [4.78, 5) is 25.2. The maximum atomic E-state index is 11.1. The van der Waals surface area contributed by atoms with Gasteiger partial charge in [-0.3, -0.25) is 4.79 Å². The van der Waals surface area contributed by atoms with E-state index in [0.717, 1.165) is 49.0 Å². The Hall–Kier alpha value is -2.45. The standard InChI is InChI=1S/C20H23BrN6O/c21-16-1-2-18-17(7-16)14(10-24-18)9-23-8-13-3-5-27(6-4-13)20-25-11-15(12-26-20)19(22)28/h1-2,7,10-13,23-24H,3-6,8-9H2,(H2,22,28). The Morgan fingerprint density at radius 3 is 2.75 bits per heavy atom. The van der Waals surface area contributed by atoms with Crippen molar-refractivity contribution in [2.24, 2.45) is 11.7 Å². The Morgan fingerprint density at radius 1 is 1.29 bits per heavy atom. The van der Waals surface area contributed by atoms with Crippen LogP contribution in [-0.4, -0.2) is 40.5 Å². The second-order valence-electron chi connectivity index (χ2n) is 7.20. The molecular weight excluding hydrogens is 420 g/mol. The van der Waals surface area contributed by atoms with Crippen LogP contribution >= 0.6 is 15.9 Å². The molecule has 0 bridgehead atoms. The maximum absolute atomic E-state index is 11.1. The summed E-state index contributed by atoms with van der Waals surface area (Å²) in [5.41, 5.74) is 8.03. The number of carbonyl (C=O) groups is 1. The molecule has 0 saturated carbocycles. The molecule has 1 saturated heterocycles. The van der Waals surface area contributed by atoms with E-state index in [2.05, 4.69) is 65.5 Å². The minimum absolute atomic E-state index is 0.340. The number of aromatic nitrogens is 3. The summed E-state index contributed by atoms with van der Waals surface area (Å²) in [6, 6.07) is 6.30. The maximum Gasteiger partial charge on any atom is 0.251 e. The number of hydrogen-bond donors (Lipinski definition) is 3. The zero-order chi connectivity index (χ0) is 19.5. The topological polar surface area (TPSA) is 99.9 Å². The highest BCUT2D eigenvalue weighted by atomic mass is 79.9. The van der Waals surface area contributed by atoms with Crippen LogP contribution in [0.1, 0.15) is 28.8 Å². The molecule has 8 heteroatoms. The van der Waals surface area contributed by atoms with Gasteiger partial charge in [0.15, 0.2) is 0 Å². The van der Waals surface area contributed by atoms with Gasteiger partial charge in [-0.25, -0.2) is 9.97 Å². The number of nitrogens with zero attached hydrogens (tertiary/aromatic N) is 3. The first-order valence-corrected chi connectivity index (χ1v) is 10.2. The molecule has 146 valence electrons. The van der Waals surface area contributed by atoms with E-state index in [1.54, 1.807) is 0 Å². The van der Waals surface area contributed by atoms with Gasteiger partial charge < -0.3 is 20.9 Å². The highest BCUT2D eigenvalue weighted by molar-refractivity contribution is 9.10. The van der Waals surface area contributed by atoms with Crippen LogP contribution in [0.2, 0.25) is 0 Å². The Morgan fingerprint density at radius 2 is 2.04 bits per heavy atom. The average Bonchev–Trinajstić information content (AvgIpc) is 3.11. The number of carbonyl (C=O) groups excluding carboxylic acids is 1. The fraction of sp³-hybridized carbons (Fsp3) is 0.350. The second kappa shape index (κ2) is 8.28. The van der Waals surface area contributed by atoms with Crippen molar-refractivity contribution in [2.45, 2.75) is 19.4 Å². The van der Waals surface area contributed by atoms with Crippen LogP contribution in [0.25, 0.3) is 10.9 Å². The number of primary amides is 1. The van der Waals surface area contributed by atoms with Gasteiger partial charge in [0.1, 0.15) is 0 Å². The first-order chi connectivity index (χ1) is 13.6. The van der Waals surface area contributed by atoms with Gasteiger partial charge in [0.2, 0.25) is 5.95 Å². The summed E-state index contributed by atoms with van der Waals surface area (Å²) < 4.78 is 1.10. The molecule has 28 heavy (non-hydrogen) atoms. The second-order valence-corrected chi connectivity index (χ2v) is 8.12. The lowest BCUT2D eigenvalue weighted by Gasteiger charge is -2.32. The molecule has 0 radical (unpaired) electrons. The summed E-state index contributed by atoms with van der Waals surface area (Å²) in [7, 11) is 0. The number of halogens is 1. The van der Waals surface area contributed by atoms with E-state index in [4.69, 9.17) is 5.73 Å². The quantitative estimate of drug-likeness (QED) is 0.544. The van der Waals surface area contributed by atoms with Gasteiger partial charge in [0.25, 0.3) is 5.91 Å². The van der Waals surface area contributed by atoms with E-state index in [1.807, 2.05) is 0 Å². The Kier molecular flexibility index (Phi) is 5.59. The SMILES string of the molecule is NC(=O)c1cnc(N2CCC(CNCc3c[nH]c4ccc(Br)cc34)CC2)nc1. The molecule has 3 heterocycles. The lowest BCUT2D eigenvalue weighted by Crippen LogP contribution is -2.38. The molecule has 4 rings (SSSR count). The number of H-pyrrole nitrogens is 1. The fourth-order valence-electron chi connectivity index (χ4n) is 3.66. The van der Waals surface area contributed by atoms with Crippen LogP contribution < -0.4 is 16.0 Å². The lowest BCUT2D eigenvalue weighted by molar-refractivity contribution is 0.0999.